The van der Waals surface area contributed by atoms with Crippen molar-refractivity contribution < 1.29 is 4.79 Å². The highest BCUT2D eigenvalue weighted by Gasteiger charge is 2.20. The molecule has 7 rings (SSSR count). The molecule has 0 saturated carbocycles. The zero-order valence-corrected chi connectivity index (χ0v) is 30.0. The first-order valence-corrected chi connectivity index (χ1v) is 18.4. The van der Waals surface area contributed by atoms with Crippen molar-refractivity contribution in [3.05, 3.63) is 168 Å². The molecule has 5 heterocycles. The molecular weight excluding hydrogens is 657 g/mol. The Morgan fingerprint density at radius 1 is 0.642 bits per heavy atom. The average molecular weight is 703 g/mol. The van der Waals surface area contributed by atoms with Gasteiger partial charge >= 0.3 is 0 Å². The first-order chi connectivity index (χ1) is 26.1. The standard InChI is InChI=1S/C44H46N8O/c45-42(53)22-2-1-19-39-40-20-11-13-33(27-51(29-35-15-3-7-23-46-35)30-36-16-4-8-24-47-36)43(40)50-44-34(14-12-21-41(39)44)28-52(31-37-17-5-9-25-48-37)32-38-18-6-10-26-49-38/h3-18,20-21,23-26,35,46H,1-2,19,22,27-32H2,(H2,45,53). The fourth-order valence-corrected chi connectivity index (χ4v) is 7.19. The van der Waals surface area contributed by atoms with Crippen molar-refractivity contribution in [3.63, 3.8) is 0 Å². The molecule has 1 aliphatic heterocycles. The van der Waals surface area contributed by atoms with Gasteiger partial charge in [0, 0.05) is 75.1 Å². The Hall–Kier alpha value is -5.77. The van der Waals surface area contributed by atoms with Crippen LogP contribution >= 0.6 is 0 Å². The lowest BCUT2D eigenvalue weighted by Crippen LogP contribution is -2.38. The lowest BCUT2D eigenvalue weighted by atomic mass is 9.94. The molecule has 53 heavy (non-hydrogen) atoms. The van der Waals surface area contributed by atoms with Crippen molar-refractivity contribution in [2.45, 2.75) is 64.4 Å². The van der Waals surface area contributed by atoms with Crippen LogP contribution in [0.4, 0.5) is 0 Å². The monoisotopic (exact) mass is 702 g/mol. The molecule has 6 aromatic rings. The summed E-state index contributed by atoms with van der Waals surface area (Å²) in [7, 11) is 0. The van der Waals surface area contributed by atoms with E-state index in [1.807, 2.05) is 67.3 Å². The Labute approximate surface area is 311 Å². The van der Waals surface area contributed by atoms with Crippen LogP contribution in [0.25, 0.3) is 21.8 Å². The lowest BCUT2D eigenvalue weighted by molar-refractivity contribution is -0.118. The second kappa shape index (κ2) is 17.6. The summed E-state index contributed by atoms with van der Waals surface area (Å²) in [5.41, 5.74) is 14.2. The number of unbranched alkanes of at least 4 members (excludes halogenated alkanes) is 1. The number of rotatable bonds is 17. The number of nitrogens with one attached hydrogen (secondary N) is 1. The van der Waals surface area contributed by atoms with E-state index in [2.05, 4.69) is 96.8 Å². The topological polar surface area (TPSA) is 113 Å². The number of nitrogens with two attached hydrogens (primary N) is 1. The third-order valence-electron chi connectivity index (χ3n) is 9.65. The molecule has 0 radical (unpaired) electrons. The van der Waals surface area contributed by atoms with Crippen LogP contribution in [-0.4, -0.2) is 48.2 Å². The van der Waals surface area contributed by atoms with Gasteiger partial charge in [0.05, 0.1) is 34.2 Å². The molecule has 0 bridgehead atoms. The van der Waals surface area contributed by atoms with E-state index in [4.69, 9.17) is 10.7 Å². The fourth-order valence-electron chi connectivity index (χ4n) is 7.19. The number of carbonyl (C=O) groups is 1. The number of fused-ring (bicyclic) bond motifs is 2. The highest BCUT2D eigenvalue weighted by atomic mass is 16.1. The Bertz CT molecular complexity index is 2130. The second-order valence-electron chi connectivity index (χ2n) is 13.7. The van der Waals surface area contributed by atoms with Crippen molar-refractivity contribution in [3.8, 4) is 0 Å². The molecule has 0 saturated heterocycles. The molecule has 0 fully saturated rings. The zero-order chi connectivity index (χ0) is 36.2. The van der Waals surface area contributed by atoms with Gasteiger partial charge in [-0.3, -0.25) is 29.5 Å². The minimum Gasteiger partial charge on any atom is -0.383 e. The Morgan fingerprint density at radius 2 is 1.21 bits per heavy atom. The van der Waals surface area contributed by atoms with E-state index in [0.717, 1.165) is 70.3 Å². The van der Waals surface area contributed by atoms with Crippen LogP contribution in [0.1, 0.15) is 53.0 Å². The number of hydrogen-bond donors (Lipinski definition) is 2. The van der Waals surface area contributed by atoms with E-state index in [1.54, 1.807) is 0 Å². The number of dihydropyridines is 1. The van der Waals surface area contributed by atoms with Gasteiger partial charge in [0.15, 0.2) is 0 Å². The van der Waals surface area contributed by atoms with Crippen LogP contribution in [0.2, 0.25) is 0 Å². The van der Waals surface area contributed by atoms with E-state index in [-0.39, 0.29) is 11.9 Å². The number of primary amides is 1. The maximum absolute atomic E-state index is 11.6. The van der Waals surface area contributed by atoms with E-state index in [0.29, 0.717) is 39.1 Å². The van der Waals surface area contributed by atoms with Gasteiger partial charge in [0.1, 0.15) is 0 Å². The minimum atomic E-state index is -0.259. The molecule has 0 spiro atoms. The van der Waals surface area contributed by atoms with Crippen molar-refractivity contribution >= 4 is 27.7 Å². The largest absolute Gasteiger partial charge is 0.383 e. The SMILES string of the molecule is NC(=O)CCCCc1c2cccc(CN(Cc3ccccn3)Cc3ccccn3)c2nc2c(CN(Cc3ccccn3)CC3C=CC=CN3)cccc12. The number of para-hydroxylation sites is 2. The molecule has 1 aliphatic rings. The molecule has 3 N–H and O–H groups in total. The molecule has 4 aromatic heterocycles. The number of benzene rings is 2. The summed E-state index contributed by atoms with van der Waals surface area (Å²) in [5, 5.41) is 5.80. The van der Waals surface area contributed by atoms with Gasteiger partial charge in [0.25, 0.3) is 0 Å². The summed E-state index contributed by atoms with van der Waals surface area (Å²) in [5.74, 6) is -0.259. The number of aromatic nitrogens is 4. The second-order valence-corrected chi connectivity index (χ2v) is 13.7. The number of aryl methyl sites for hydroxylation is 1. The van der Waals surface area contributed by atoms with Crippen LogP contribution in [-0.2, 0) is 43.9 Å². The van der Waals surface area contributed by atoms with E-state index in [1.165, 1.54) is 11.1 Å². The molecule has 9 nitrogen and oxygen atoms in total. The fraction of sp³-hybridized carbons (Fsp3) is 0.250. The third-order valence-corrected chi connectivity index (χ3v) is 9.65. The highest BCUT2D eigenvalue weighted by Crippen LogP contribution is 2.32. The highest BCUT2D eigenvalue weighted by molar-refractivity contribution is 5.99. The van der Waals surface area contributed by atoms with Crippen LogP contribution in [0.5, 0.6) is 0 Å². The first kappa shape index (κ1) is 35.6. The molecular formula is C44H46N8O. The summed E-state index contributed by atoms with van der Waals surface area (Å²) < 4.78 is 0. The number of pyridine rings is 4. The number of amides is 1. The summed E-state index contributed by atoms with van der Waals surface area (Å²) in [6, 6.07) is 31.5. The Morgan fingerprint density at radius 3 is 1.72 bits per heavy atom. The quantitative estimate of drug-likeness (QED) is 0.0771. The van der Waals surface area contributed by atoms with E-state index < -0.39 is 0 Å². The maximum atomic E-state index is 11.6. The number of hydrogen-bond acceptors (Lipinski definition) is 8. The lowest BCUT2D eigenvalue weighted by Gasteiger charge is -2.27. The van der Waals surface area contributed by atoms with E-state index >= 15 is 0 Å². The van der Waals surface area contributed by atoms with Gasteiger partial charge in [0.2, 0.25) is 5.91 Å². The van der Waals surface area contributed by atoms with Gasteiger partial charge in [-0.1, -0.05) is 66.7 Å². The molecule has 2 aromatic carbocycles. The molecule has 0 aliphatic carbocycles. The molecule has 1 amide bonds. The smallest absolute Gasteiger partial charge is 0.217 e. The van der Waals surface area contributed by atoms with Gasteiger partial charge in [-0.25, -0.2) is 4.98 Å². The van der Waals surface area contributed by atoms with Crippen LogP contribution in [0, 0.1) is 0 Å². The summed E-state index contributed by atoms with van der Waals surface area (Å²) in [6.07, 6.45) is 16.7. The molecule has 1 atom stereocenters. The number of allylic oxidation sites excluding steroid dienone is 2. The average Bonchev–Trinajstić information content (AvgIpc) is 3.18. The summed E-state index contributed by atoms with van der Waals surface area (Å²) in [4.78, 5) is 36.0. The maximum Gasteiger partial charge on any atom is 0.217 e. The normalized spacial score (nSPS) is 14.0. The van der Waals surface area contributed by atoms with Crippen molar-refractivity contribution in [2.75, 3.05) is 6.54 Å². The Balaban J connectivity index is 1.29. The van der Waals surface area contributed by atoms with Crippen LogP contribution < -0.4 is 11.1 Å². The van der Waals surface area contributed by atoms with Gasteiger partial charge in [-0.15, -0.1) is 0 Å². The summed E-state index contributed by atoms with van der Waals surface area (Å²) >= 11 is 0. The predicted molar refractivity (Wildman–Crippen MR) is 211 cm³/mol. The molecule has 268 valence electrons. The number of nitrogens with zero attached hydrogens (tertiary/aromatic N) is 6. The van der Waals surface area contributed by atoms with Crippen molar-refractivity contribution in [1.82, 2.24) is 35.1 Å². The summed E-state index contributed by atoms with van der Waals surface area (Å²) in [6.45, 7) is 4.24. The predicted octanol–water partition coefficient (Wildman–Crippen LogP) is 7.02. The van der Waals surface area contributed by atoms with Crippen molar-refractivity contribution in [2.24, 2.45) is 5.73 Å². The van der Waals surface area contributed by atoms with Crippen LogP contribution in [0.3, 0.4) is 0 Å². The molecule has 9 heteroatoms. The van der Waals surface area contributed by atoms with Gasteiger partial charge in [-0.05, 0) is 84.6 Å². The Kier molecular flexibility index (Phi) is 11.9. The van der Waals surface area contributed by atoms with Gasteiger partial charge < -0.3 is 11.1 Å². The minimum absolute atomic E-state index is 0.184. The molecule has 1 unspecified atom stereocenters. The third kappa shape index (κ3) is 9.57. The van der Waals surface area contributed by atoms with E-state index in [9.17, 15) is 4.79 Å². The zero-order valence-electron chi connectivity index (χ0n) is 30.0. The number of carbonyl (C=O) groups excluding carboxylic acids is 1. The van der Waals surface area contributed by atoms with Crippen molar-refractivity contribution in [1.29, 1.82) is 0 Å². The van der Waals surface area contributed by atoms with Gasteiger partial charge in [-0.2, -0.15) is 0 Å². The van der Waals surface area contributed by atoms with Crippen LogP contribution in [0.15, 0.2) is 134 Å². The first-order valence-electron chi connectivity index (χ1n) is 18.4.